The van der Waals surface area contributed by atoms with Crippen molar-refractivity contribution < 1.29 is 5.48 Å². The van der Waals surface area contributed by atoms with Crippen LogP contribution in [0.15, 0.2) is 24.3 Å². The Hall–Kier alpha value is -0.900. The lowest BCUT2D eigenvalue weighted by atomic mass is 9.82. The Morgan fingerprint density at radius 2 is 1.60 bits per heavy atom. The molecule has 0 fully saturated rings. The lowest BCUT2D eigenvalue weighted by Crippen LogP contribution is -2.51. The maximum absolute atomic E-state index is 5.66. The highest BCUT2D eigenvalue weighted by atomic mass is 16.0. The molecular weight excluding hydrogens is 128 g/mol. The molecule has 0 unspecified atom stereocenters. The second-order valence-corrected chi connectivity index (χ2v) is 2.45. The van der Waals surface area contributed by atoms with Gasteiger partial charge in [0.15, 0.2) is 0 Å². The molecule has 0 atom stereocenters. The lowest BCUT2D eigenvalue weighted by Gasteiger charge is -2.34. The van der Waals surface area contributed by atoms with Crippen molar-refractivity contribution in [3.8, 4) is 0 Å². The zero-order valence-corrected chi connectivity index (χ0v) is 5.46. The Labute approximate surface area is 59.0 Å². The minimum Gasteiger partial charge on any atom is -0.412 e. The van der Waals surface area contributed by atoms with E-state index in [9.17, 15) is 0 Å². The van der Waals surface area contributed by atoms with Crippen LogP contribution in [0, 0.1) is 0 Å². The van der Waals surface area contributed by atoms with E-state index >= 15 is 0 Å². The van der Waals surface area contributed by atoms with Crippen LogP contribution in [-0.4, -0.2) is 5.48 Å². The van der Waals surface area contributed by atoms with E-state index in [4.69, 9.17) is 11.5 Å². The highest BCUT2D eigenvalue weighted by molar-refractivity contribution is 5.47. The van der Waals surface area contributed by atoms with Gasteiger partial charge in [-0.1, -0.05) is 18.2 Å². The van der Waals surface area contributed by atoms with E-state index in [1.807, 2.05) is 24.3 Å². The second kappa shape index (κ2) is 1.79. The van der Waals surface area contributed by atoms with Crippen molar-refractivity contribution in [1.82, 2.24) is 0 Å². The Morgan fingerprint density at radius 3 is 1.80 bits per heavy atom. The average molecular weight is 138 g/mol. The normalized spacial score (nSPS) is 17.0. The molecule has 0 heterocycles. The molecule has 6 N–H and O–H groups in total. The van der Waals surface area contributed by atoms with Gasteiger partial charge in [-0.05, 0) is 17.2 Å². The second-order valence-electron chi connectivity index (χ2n) is 2.45. The molecule has 1 aromatic carbocycles. The minimum atomic E-state index is -0.630. The topological polar surface area (TPSA) is 83.5 Å². The van der Waals surface area contributed by atoms with Gasteiger partial charge < -0.3 is 16.9 Å². The number of rotatable bonds is 0. The summed E-state index contributed by atoms with van der Waals surface area (Å²) >= 11 is 0. The van der Waals surface area contributed by atoms with E-state index in [1.165, 1.54) is 0 Å². The number of hydrogen-bond donors (Lipinski definition) is 2. The molecule has 1 aromatic rings. The van der Waals surface area contributed by atoms with Gasteiger partial charge in [0.1, 0.15) is 5.66 Å². The molecule has 0 saturated carbocycles. The SMILES string of the molecule is NC1(N)c2cccc1c2.O. The molecule has 3 heteroatoms. The highest BCUT2D eigenvalue weighted by Gasteiger charge is 2.32. The third-order valence-corrected chi connectivity index (χ3v) is 1.82. The molecule has 0 aromatic heterocycles. The van der Waals surface area contributed by atoms with Gasteiger partial charge in [-0.25, -0.2) is 0 Å². The van der Waals surface area contributed by atoms with Crippen LogP contribution in [0.25, 0.3) is 0 Å². The summed E-state index contributed by atoms with van der Waals surface area (Å²) in [5.74, 6) is 0. The zero-order valence-electron chi connectivity index (χ0n) is 5.46. The van der Waals surface area contributed by atoms with Gasteiger partial charge in [-0.3, -0.25) is 0 Å². The van der Waals surface area contributed by atoms with Crippen molar-refractivity contribution in [1.29, 1.82) is 0 Å². The van der Waals surface area contributed by atoms with Crippen molar-refractivity contribution in [2.75, 3.05) is 0 Å². The summed E-state index contributed by atoms with van der Waals surface area (Å²) in [7, 11) is 0. The molecule has 54 valence electrons. The van der Waals surface area contributed by atoms with Gasteiger partial charge in [-0.15, -0.1) is 0 Å². The lowest BCUT2D eigenvalue weighted by molar-refractivity contribution is 0.527. The summed E-state index contributed by atoms with van der Waals surface area (Å²) in [6.07, 6.45) is 0. The summed E-state index contributed by atoms with van der Waals surface area (Å²) in [5, 5.41) is 0. The van der Waals surface area contributed by atoms with Crippen molar-refractivity contribution in [2.24, 2.45) is 11.5 Å². The quantitative estimate of drug-likeness (QED) is 0.464. The van der Waals surface area contributed by atoms with E-state index in [2.05, 4.69) is 0 Å². The Morgan fingerprint density at radius 1 is 1.10 bits per heavy atom. The van der Waals surface area contributed by atoms with E-state index in [0.29, 0.717) is 0 Å². The van der Waals surface area contributed by atoms with Crippen LogP contribution in [0.1, 0.15) is 11.1 Å². The fourth-order valence-electron chi connectivity index (χ4n) is 1.12. The number of hydrogen-bond acceptors (Lipinski definition) is 2. The van der Waals surface area contributed by atoms with Crippen molar-refractivity contribution in [3.63, 3.8) is 0 Å². The molecule has 0 amide bonds. The zero-order chi connectivity index (χ0) is 6.48. The molecule has 0 spiro atoms. The fourth-order valence-corrected chi connectivity index (χ4v) is 1.12. The van der Waals surface area contributed by atoms with Crippen LogP contribution in [0.5, 0.6) is 0 Å². The monoisotopic (exact) mass is 138 g/mol. The van der Waals surface area contributed by atoms with Gasteiger partial charge in [0.05, 0.1) is 0 Å². The van der Waals surface area contributed by atoms with Gasteiger partial charge in [-0.2, -0.15) is 0 Å². The molecule has 3 nitrogen and oxygen atoms in total. The predicted octanol–water partition coefficient (Wildman–Crippen LogP) is -0.706. The minimum absolute atomic E-state index is 0. The summed E-state index contributed by atoms with van der Waals surface area (Å²) in [4.78, 5) is 0. The highest BCUT2D eigenvalue weighted by Crippen LogP contribution is 2.31. The third-order valence-electron chi connectivity index (χ3n) is 1.82. The fraction of sp³-hybridized carbons (Fsp3) is 0.143. The molecule has 0 saturated heterocycles. The van der Waals surface area contributed by atoms with Crippen molar-refractivity contribution in [3.05, 3.63) is 35.4 Å². The molecule has 3 rings (SSSR count). The Balaban J connectivity index is 0.000000500. The molecule has 2 bridgehead atoms. The van der Waals surface area contributed by atoms with Crippen LogP contribution in [0.3, 0.4) is 0 Å². The van der Waals surface area contributed by atoms with E-state index in [1.54, 1.807) is 0 Å². The first kappa shape index (κ1) is 7.21. The van der Waals surface area contributed by atoms with Crippen molar-refractivity contribution in [2.45, 2.75) is 5.66 Å². The standard InChI is InChI=1S/C7H8N2.H2O/c8-7(9)5-2-1-3-6(7)4-5;/h1-4H,8-9H2;1H2. The molecular formula is C7H10N2O. The molecule has 0 aliphatic heterocycles. The van der Waals surface area contributed by atoms with E-state index in [-0.39, 0.29) is 5.48 Å². The predicted molar refractivity (Wildman–Crippen MR) is 39.2 cm³/mol. The van der Waals surface area contributed by atoms with E-state index in [0.717, 1.165) is 11.1 Å². The smallest absolute Gasteiger partial charge is 0.116 e. The third kappa shape index (κ3) is 0.593. The van der Waals surface area contributed by atoms with Gasteiger partial charge >= 0.3 is 0 Å². The number of nitrogens with two attached hydrogens (primary N) is 2. The first-order valence-corrected chi connectivity index (χ1v) is 2.90. The first-order chi connectivity index (χ1) is 4.21. The van der Waals surface area contributed by atoms with Crippen LogP contribution >= 0.6 is 0 Å². The van der Waals surface area contributed by atoms with Crippen LogP contribution in [-0.2, 0) is 5.66 Å². The van der Waals surface area contributed by atoms with E-state index < -0.39 is 5.66 Å². The maximum Gasteiger partial charge on any atom is 0.116 e. The molecule has 2 aliphatic carbocycles. The maximum atomic E-state index is 5.66. The molecule has 10 heavy (non-hydrogen) atoms. The summed E-state index contributed by atoms with van der Waals surface area (Å²) in [5.41, 5.74) is 12.7. The Bertz CT molecular complexity index is 229. The van der Waals surface area contributed by atoms with Crippen LogP contribution in [0.4, 0.5) is 0 Å². The first-order valence-electron chi connectivity index (χ1n) is 2.90. The number of fused-ring (bicyclic) bond motifs is 2. The average Bonchev–Trinajstić information content (AvgIpc) is 1.89. The molecule has 0 radical (unpaired) electrons. The molecule has 2 aliphatic rings. The summed E-state index contributed by atoms with van der Waals surface area (Å²) in [6.45, 7) is 0. The number of benzene rings is 1. The van der Waals surface area contributed by atoms with Gasteiger partial charge in [0.2, 0.25) is 0 Å². The Kier molecular flexibility index (Phi) is 1.29. The van der Waals surface area contributed by atoms with Gasteiger partial charge in [0, 0.05) is 0 Å². The van der Waals surface area contributed by atoms with Crippen LogP contribution < -0.4 is 11.5 Å². The van der Waals surface area contributed by atoms with Crippen LogP contribution in [0.2, 0.25) is 0 Å². The summed E-state index contributed by atoms with van der Waals surface area (Å²) < 4.78 is 0. The largest absolute Gasteiger partial charge is 0.412 e. The van der Waals surface area contributed by atoms with Gasteiger partial charge in [0.25, 0.3) is 0 Å². The van der Waals surface area contributed by atoms with Crippen molar-refractivity contribution >= 4 is 0 Å². The summed E-state index contributed by atoms with van der Waals surface area (Å²) in [6, 6.07) is 7.84.